The summed E-state index contributed by atoms with van der Waals surface area (Å²) in [5.41, 5.74) is -0.351. The topological polar surface area (TPSA) is 139 Å². The van der Waals surface area contributed by atoms with Crippen molar-refractivity contribution < 1.29 is 27.7 Å². The Kier molecular flexibility index (Phi) is 7.64. The van der Waals surface area contributed by atoms with E-state index >= 15 is 0 Å². The van der Waals surface area contributed by atoms with E-state index in [0.717, 1.165) is 4.90 Å². The van der Waals surface area contributed by atoms with Gasteiger partial charge in [-0.25, -0.2) is 8.42 Å². The minimum absolute atomic E-state index is 0.00294. The highest BCUT2D eigenvalue weighted by atomic mass is 35.5. The first kappa shape index (κ1) is 24.6. The lowest BCUT2D eigenvalue weighted by Gasteiger charge is -2.26. The van der Waals surface area contributed by atoms with E-state index in [-0.39, 0.29) is 53.2 Å². The van der Waals surface area contributed by atoms with Crippen molar-refractivity contribution in [3.8, 4) is 0 Å². The molecule has 1 aliphatic heterocycles. The molecule has 0 spiro atoms. The number of anilines is 1. The summed E-state index contributed by atoms with van der Waals surface area (Å²) in [7, 11) is -2.57. The third-order valence-electron chi connectivity index (χ3n) is 4.86. The fraction of sp³-hybridized carbons (Fsp3) is 0.300. The van der Waals surface area contributed by atoms with Crippen LogP contribution in [0.1, 0.15) is 10.4 Å². The molecular formula is C20H21ClN4O7S. The maximum Gasteiger partial charge on any atom is 0.282 e. The van der Waals surface area contributed by atoms with E-state index in [1.54, 1.807) is 0 Å². The molecule has 13 heteroatoms. The van der Waals surface area contributed by atoms with Gasteiger partial charge in [0.25, 0.3) is 11.6 Å². The van der Waals surface area contributed by atoms with Gasteiger partial charge in [-0.3, -0.25) is 19.7 Å². The van der Waals surface area contributed by atoms with Gasteiger partial charge in [0.1, 0.15) is 10.5 Å². The summed E-state index contributed by atoms with van der Waals surface area (Å²) >= 11 is 6.11. The van der Waals surface area contributed by atoms with Crippen molar-refractivity contribution in [1.82, 2.24) is 9.21 Å². The minimum atomic E-state index is -3.89. The number of nitro groups is 1. The molecule has 176 valence electrons. The number of carbonyl (C=O) groups is 2. The average Bonchev–Trinajstić information content (AvgIpc) is 2.80. The number of ether oxygens (including phenoxy) is 1. The third-order valence-corrected chi connectivity index (χ3v) is 7.24. The number of para-hydroxylation sites is 1. The highest BCUT2D eigenvalue weighted by Crippen LogP contribution is 2.28. The second-order valence-electron chi connectivity index (χ2n) is 7.15. The van der Waals surface area contributed by atoms with Crippen LogP contribution < -0.4 is 5.32 Å². The molecule has 1 aliphatic rings. The highest BCUT2D eigenvalue weighted by molar-refractivity contribution is 7.89. The van der Waals surface area contributed by atoms with E-state index in [9.17, 15) is 28.1 Å². The molecule has 11 nitrogen and oxygen atoms in total. The second kappa shape index (κ2) is 10.3. The Hall–Kier alpha value is -3.06. The zero-order valence-corrected chi connectivity index (χ0v) is 19.1. The Balaban J connectivity index is 1.73. The quantitative estimate of drug-likeness (QED) is 0.456. The van der Waals surface area contributed by atoms with E-state index in [2.05, 4.69) is 5.32 Å². The predicted molar refractivity (Wildman–Crippen MR) is 120 cm³/mol. The number of likely N-dealkylation sites (N-methyl/N-ethyl adjacent to an activating group) is 1. The van der Waals surface area contributed by atoms with E-state index in [1.165, 1.54) is 53.8 Å². The first-order chi connectivity index (χ1) is 15.6. The van der Waals surface area contributed by atoms with Crippen molar-refractivity contribution in [2.75, 3.05) is 45.2 Å². The normalized spacial score (nSPS) is 14.5. The number of sulfonamides is 1. The summed E-state index contributed by atoms with van der Waals surface area (Å²) in [5, 5.41) is 13.7. The van der Waals surface area contributed by atoms with E-state index < -0.39 is 33.3 Å². The maximum absolute atomic E-state index is 12.9. The molecule has 1 N–H and O–H groups in total. The lowest BCUT2D eigenvalue weighted by atomic mass is 10.1. The molecule has 0 bridgehead atoms. The smallest absolute Gasteiger partial charge is 0.282 e. The molecule has 0 saturated carbocycles. The van der Waals surface area contributed by atoms with Crippen molar-refractivity contribution in [1.29, 1.82) is 0 Å². The summed E-state index contributed by atoms with van der Waals surface area (Å²) in [6.45, 7) is 0.501. The van der Waals surface area contributed by atoms with Crippen LogP contribution in [0.2, 0.25) is 5.02 Å². The van der Waals surface area contributed by atoms with Crippen LogP contribution in [0.15, 0.2) is 47.4 Å². The number of hydrogen-bond donors (Lipinski definition) is 1. The fourth-order valence-corrected chi connectivity index (χ4v) is 5.12. The molecule has 0 atom stereocenters. The lowest BCUT2D eigenvalue weighted by Crippen LogP contribution is -2.40. The summed E-state index contributed by atoms with van der Waals surface area (Å²) in [6, 6.07) is 9.45. The molecule has 1 heterocycles. The number of nitro benzene ring substituents is 1. The van der Waals surface area contributed by atoms with Crippen LogP contribution in [0.4, 0.5) is 11.4 Å². The number of morpholine rings is 1. The van der Waals surface area contributed by atoms with E-state index in [4.69, 9.17) is 16.3 Å². The number of benzene rings is 2. The standard InChI is InChI=1S/C20H21ClN4O7S/c1-23(20(27)15-4-2-3-5-17(15)25(28)29)13-19(26)22-14-6-7-16(21)18(12-14)33(30,31)24-8-10-32-11-9-24/h2-7,12H,8-11,13H2,1H3,(H,22,26). The largest absolute Gasteiger partial charge is 0.379 e. The maximum atomic E-state index is 12.9. The first-order valence-corrected chi connectivity index (χ1v) is 11.6. The van der Waals surface area contributed by atoms with Crippen molar-refractivity contribution in [2.45, 2.75) is 4.90 Å². The Bertz CT molecular complexity index is 1180. The summed E-state index contributed by atoms with van der Waals surface area (Å²) in [5.74, 6) is -1.33. The summed E-state index contributed by atoms with van der Waals surface area (Å²) in [6.07, 6.45) is 0. The van der Waals surface area contributed by atoms with Gasteiger partial charge in [0.15, 0.2) is 0 Å². The van der Waals surface area contributed by atoms with Crippen LogP contribution in [0.3, 0.4) is 0 Å². The lowest BCUT2D eigenvalue weighted by molar-refractivity contribution is -0.385. The predicted octanol–water partition coefficient (Wildman–Crippen LogP) is 1.98. The van der Waals surface area contributed by atoms with Gasteiger partial charge in [0.05, 0.1) is 29.7 Å². The van der Waals surface area contributed by atoms with Gasteiger partial charge < -0.3 is 15.0 Å². The van der Waals surface area contributed by atoms with Crippen LogP contribution in [0, 0.1) is 10.1 Å². The molecule has 3 rings (SSSR count). The monoisotopic (exact) mass is 496 g/mol. The highest BCUT2D eigenvalue weighted by Gasteiger charge is 2.29. The minimum Gasteiger partial charge on any atom is -0.379 e. The van der Waals surface area contributed by atoms with Crippen molar-refractivity contribution in [3.05, 3.63) is 63.2 Å². The van der Waals surface area contributed by atoms with Gasteiger partial charge in [0, 0.05) is 31.9 Å². The van der Waals surface area contributed by atoms with Crippen LogP contribution >= 0.6 is 11.6 Å². The zero-order chi connectivity index (χ0) is 24.2. The zero-order valence-electron chi connectivity index (χ0n) is 17.6. The van der Waals surface area contributed by atoms with Gasteiger partial charge >= 0.3 is 0 Å². The van der Waals surface area contributed by atoms with Gasteiger partial charge in [-0.05, 0) is 24.3 Å². The van der Waals surface area contributed by atoms with Crippen LogP contribution in [0.25, 0.3) is 0 Å². The van der Waals surface area contributed by atoms with Crippen molar-refractivity contribution in [2.24, 2.45) is 0 Å². The SMILES string of the molecule is CN(CC(=O)Nc1ccc(Cl)c(S(=O)(=O)N2CCOCC2)c1)C(=O)c1ccccc1[N+](=O)[O-]. The molecule has 33 heavy (non-hydrogen) atoms. The van der Waals surface area contributed by atoms with E-state index in [0.29, 0.717) is 0 Å². The van der Waals surface area contributed by atoms with Crippen LogP contribution in [-0.2, 0) is 19.6 Å². The number of carbonyl (C=O) groups excluding carboxylic acids is 2. The third kappa shape index (κ3) is 5.66. The Labute approximate surface area is 195 Å². The first-order valence-electron chi connectivity index (χ1n) is 9.77. The van der Waals surface area contributed by atoms with Gasteiger partial charge in [-0.15, -0.1) is 0 Å². The van der Waals surface area contributed by atoms with Gasteiger partial charge in [-0.2, -0.15) is 4.31 Å². The molecular weight excluding hydrogens is 476 g/mol. The number of nitrogens with one attached hydrogen (secondary N) is 1. The Morgan fingerprint density at radius 1 is 1.21 bits per heavy atom. The van der Waals surface area contributed by atoms with Gasteiger partial charge in [0.2, 0.25) is 15.9 Å². The molecule has 0 unspecified atom stereocenters. The molecule has 1 fully saturated rings. The van der Waals surface area contributed by atoms with Crippen molar-refractivity contribution >= 4 is 44.8 Å². The Morgan fingerprint density at radius 2 is 1.88 bits per heavy atom. The molecule has 0 radical (unpaired) electrons. The molecule has 2 aromatic carbocycles. The number of amides is 2. The van der Waals surface area contributed by atoms with Crippen molar-refractivity contribution in [3.63, 3.8) is 0 Å². The number of nitrogens with zero attached hydrogens (tertiary/aromatic N) is 3. The second-order valence-corrected chi connectivity index (χ2v) is 9.46. The summed E-state index contributed by atoms with van der Waals surface area (Å²) in [4.78, 5) is 36.4. The molecule has 2 aromatic rings. The van der Waals surface area contributed by atoms with Gasteiger partial charge in [-0.1, -0.05) is 23.7 Å². The average molecular weight is 497 g/mol. The molecule has 1 saturated heterocycles. The van der Waals surface area contributed by atoms with Crippen LogP contribution in [-0.4, -0.2) is 74.3 Å². The summed E-state index contributed by atoms with van der Waals surface area (Å²) < 4.78 is 32.3. The fourth-order valence-electron chi connectivity index (χ4n) is 3.21. The van der Waals surface area contributed by atoms with Crippen LogP contribution in [0.5, 0.6) is 0 Å². The number of hydrogen-bond acceptors (Lipinski definition) is 7. The number of halogens is 1. The number of rotatable bonds is 7. The molecule has 2 amide bonds. The van der Waals surface area contributed by atoms with E-state index in [1.807, 2.05) is 0 Å². The Morgan fingerprint density at radius 3 is 2.55 bits per heavy atom. The molecule has 0 aliphatic carbocycles. The molecule has 0 aromatic heterocycles.